The van der Waals surface area contributed by atoms with Crippen LogP contribution in [-0.4, -0.2) is 16.6 Å². The van der Waals surface area contributed by atoms with Gasteiger partial charge in [-0.15, -0.1) is 11.3 Å². The molecular formula is C16H16N2O4S. The average molecular weight is 332 g/mol. The quantitative estimate of drug-likeness (QED) is 0.494. The summed E-state index contributed by atoms with van der Waals surface area (Å²) in [6.07, 6.45) is 0.150. The smallest absolute Gasteiger partial charge is 0.274 e. The molecule has 0 saturated heterocycles. The zero-order valence-electron chi connectivity index (χ0n) is 12.8. The van der Waals surface area contributed by atoms with E-state index in [2.05, 4.69) is 5.32 Å². The second-order valence-electron chi connectivity index (χ2n) is 5.14. The van der Waals surface area contributed by atoms with E-state index in [-0.39, 0.29) is 30.2 Å². The molecule has 120 valence electrons. The summed E-state index contributed by atoms with van der Waals surface area (Å²) in [7, 11) is 0. The van der Waals surface area contributed by atoms with Crippen molar-refractivity contribution in [3.8, 4) is 0 Å². The Bertz CT molecular complexity index is 767. The number of carbonyl (C=O) groups excluding carboxylic acids is 2. The van der Waals surface area contributed by atoms with Gasteiger partial charge in [0.2, 0.25) is 5.91 Å². The van der Waals surface area contributed by atoms with Crippen molar-refractivity contribution < 1.29 is 14.5 Å². The number of hydrogen-bond donors (Lipinski definition) is 1. The van der Waals surface area contributed by atoms with Gasteiger partial charge in [0, 0.05) is 35.0 Å². The van der Waals surface area contributed by atoms with Crippen LogP contribution in [0.1, 0.15) is 33.0 Å². The number of benzene rings is 1. The summed E-state index contributed by atoms with van der Waals surface area (Å²) < 4.78 is 0. The highest BCUT2D eigenvalue weighted by atomic mass is 32.1. The van der Waals surface area contributed by atoms with Crippen molar-refractivity contribution in [2.45, 2.75) is 26.7 Å². The summed E-state index contributed by atoms with van der Waals surface area (Å²) in [5, 5.41) is 13.5. The van der Waals surface area contributed by atoms with Crippen LogP contribution >= 0.6 is 11.3 Å². The maximum Gasteiger partial charge on any atom is 0.274 e. The van der Waals surface area contributed by atoms with E-state index in [1.165, 1.54) is 17.4 Å². The van der Waals surface area contributed by atoms with E-state index >= 15 is 0 Å². The first-order valence-corrected chi connectivity index (χ1v) is 7.83. The number of Topliss-reactive ketones (excluding diaryl/α,β-unsaturated/α-hetero) is 1. The van der Waals surface area contributed by atoms with Gasteiger partial charge in [0.05, 0.1) is 9.80 Å². The summed E-state index contributed by atoms with van der Waals surface area (Å²) in [6.45, 7) is 3.55. The van der Waals surface area contributed by atoms with Crippen molar-refractivity contribution in [1.29, 1.82) is 0 Å². The number of amides is 1. The number of nitrogens with one attached hydrogen (secondary N) is 1. The molecule has 0 bridgehead atoms. The maximum atomic E-state index is 11.9. The molecule has 0 aliphatic rings. The highest BCUT2D eigenvalue weighted by Crippen LogP contribution is 2.22. The lowest BCUT2D eigenvalue weighted by Gasteiger charge is -2.05. The van der Waals surface area contributed by atoms with Gasteiger partial charge < -0.3 is 5.32 Å². The van der Waals surface area contributed by atoms with Crippen LogP contribution < -0.4 is 5.32 Å². The molecule has 0 saturated carbocycles. The van der Waals surface area contributed by atoms with Gasteiger partial charge in [-0.3, -0.25) is 19.7 Å². The molecule has 2 rings (SSSR count). The third-order valence-corrected chi connectivity index (χ3v) is 4.33. The predicted molar refractivity (Wildman–Crippen MR) is 89.1 cm³/mol. The molecule has 0 unspecified atom stereocenters. The second kappa shape index (κ2) is 7.15. The van der Waals surface area contributed by atoms with Gasteiger partial charge in [0.1, 0.15) is 0 Å². The predicted octanol–water partition coefficient (Wildman–Crippen LogP) is 3.87. The summed E-state index contributed by atoms with van der Waals surface area (Å²) in [5.41, 5.74) is 0.830. The lowest BCUT2D eigenvalue weighted by Crippen LogP contribution is -2.13. The number of thiophene rings is 1. The van der Waals surface area contributed by atoms with Gasteiger partial charge in [-0.25, -0.2) is 0 Å². The Hall–Kier alpha value is -2.54. The van der Waals surface area contributed by atoms with Crippen molar-refractivity contribution in [3.63, 3.8) is 0 Å². The highest BCUT2D eigenvalue weighted by Gasteiger charge is 2.14. The largest absolute Gasteiger partial charge is 0.326 e. The van der Waals surface area contributed by atoms with Crippen LogP contribution in [0.5, 0.6) is 0 Å². The topological polar surface area (TPSA) is 89.3 Å². The number of aryl methyl sites for hydroxylation is 2. The minimum atomic E-state index is -0.492. The number of rotatable bonds is 6. The van der Waals surface area contributed by atoms with Crippen molar-refractivity contribution in [3.05, 3.63) is 55.8 Å². The minimum absolute atomic E-state index is 0.0391. The van der Waals surface area contributed by atoms with E-state index in [4.69, 9.17) is 0 Å². The zero-order chi connectivity index (χ0) is 17.0. The van der Waals surface area contributed by atoms with Crippen LogP contribution in [-0.2, 0) is 4.79 Å². The monoisotopic (exact) mass is 332 g/mol. The number of nitro benzene ring substituents is 1. The molecule has 0 spiro atoms. The second-order valence-corrected chi connectivity index (χ2v) is 6.43. The normalized spacial score (nSPS) is 10.3. The summed E-state index contributed by atoms with van der Waals surface area (Å²) in [6, 6.07) is 8.11. The van der Waals surface area contributed by atoms with Crippen LogP contribution in [0.15, 0.2) is 30.3 Å². The average Bonchev–Trinajstić information content (AvgIpc) is 2.93. The first-order chi connectivity index (χ1) is 10.9. The Balaban J connectivity index is 1.93. The number of nitro groups is 1. The Labute approximate surface area is 137 Å². The fourth-order valence-electron chi connectivity index (χ4n) is 2.04. The maximum absolute atomic E-state index is 11.9. The number of ketones is 1. The Kier molecular flexibility index (Phi) is 5.23. The van der Waals surface area contributed by atoms with Crippen molar-refractivity contribution in [2.75, 3.05) is 5.32 Å². The summed E-state index contributed by atoms with van der Waals surface area (Å²) in [5.74, 6) is -0.419. The number of carbonyl (C=O) groups is 2. The van der Waals surface area contributed by atoms with Crippen LogP contribution in [0, 0.1) is 24.0 Å². The molecule has 0 aliphatic carbocycles. The molecule has 2 aromatic rings. The standard InChI is InChI=1S/C16H16N2O4S/c1-10-3-5-12(9-13(10)18(21)22)17-16(20)8-6-14(19)15-7-4-11(2)23-15/h3-5,7,9H,6,8H2,1-2H3,(H,17,20). The summed E-state index contributed by atoms with van der Waals surface area (Å²) >= 11 is 1.40. The molecule has 7 heteroatoms. The third kappa shape index (κ3) is 4.46. The minimum Gasteiger partial charge on any atom is -0.326 e. The van der Waals surface area contributed by atoms with Crippen LogP contribution in [0.25, 0.3) is 0 Å². The summed E-state index contributed by atoms with van der Waals surface area (Å²) in [4.78, 5) is 35.9. The Morgan fingerprint density at radius 3 is 2.52 bits per heavy atom. The molecule has 1 N–H and O–H groups in total. The van der Waals surface area contributed by atoms with Crippen molar-refractivity contribution in [1.82, 2.24) is 0 Å². The van der Waals surface area contributed by atoms with Gasteiger partial charge in [0.15, 0.2) is 5.78 Å². The van der Waals surface area contributed by atoms with Gasteiger partial charge in [-0.05, 0) is 32.0 Å². The van der Waals surface area contributed by atoms with E-state index in [0.29, 0.717) is 16.1 Å². The molecule has 0 fully saturated rings. The first kappa shape index (κ1) is 16.8. The Morgan fingerprint density at radius 2 is 1.91 bits per heavy atom. The molecular weight excluding hydrogens is 316 g/mol. The molecule has 1 aromatic heterocycles. The van der Waals surface area contributed by atoms with E-state index in [1.54, 1.807) is 25.1 Å². The van der Waals surface area contributed by atoms with Gasteiger partial charge in [0.25, 0.3) is 5.69 Å². The molecule has 1 heterocycles. The molecule has 1 amide bonds. The molecule has 0 radical (unpaired) electrons. The van der Waals surface area contributed by atoms with Crippen LogP contribution in [0.2, 0.25) is 0 Å². The van der Waals surface area contributed by atoms with E-state index < -0.39 is 4.92 Å². The fraction of sp³-hybridized carbons (Fsp3) is 0.250. The molecule has 0 atom stereocenters. The fourth-order valence-corrected chi connectivity index (χ4v) is 2.88. The SMILES string of the molecule is Cc1ccc(C(=O)CCC(=O)Nc2ccc(C)c([N+](=O)[O-])c2)s1. The van der Waals surface area contributed by atoms with E-state index in [9.17, 15) is 19.7 Å². The highest BCUT2D eigenvalue weighted by molar-refractivity contribution is 7.14. The lowest BCUT2D eigenvalue weighted by molar-refractivity contribution is -0.385. The molecule has 23 heavy (non-hydrogen) atoms. The van der Waals surface area contributed by atoms with Crippen LogP contribution in [0.3, 0.4) is 0 Å². The van der Waals surface area contributed by atoms with Crippen molar-refractivity contribution >= 4 is 34.4 Å². The molecule has 1 aromatic carbocycles. The zero-order valence-corrected chi connectivity index (χ0v) is 13.6. The lowest BCUT2D eigenvalue weighted by atomic mass is 10.1. The Morgan fingerprint density at radius 1 is 1.17 bits per heavy atom. The number of nitrogens with zero attached hydrogens (tertiary/aromatic N) is 1. The number of hydrogen-bond acceptors (Lipinski definition) is 5. The van der Waals surface area contributed by atoms with Gasteiger partial charge >= 0.3 is 0 Å². The first-order valence-electron chi connectivity index (χ1n) is 7.01. The van der Waals surface area contributed by atoms with Gasteiger partial charge in [-0.1, -0.05) is 6.07 Å². The molecule has 6 nitrogen and oxygen atoms in total. The molecule has 0 aliphatic heterocycles. The van der Waals surface area contributed by atoms with E-state index in [1.807, 2.05) is 13.0 Å². The van der Waals surface area contributed by atoms with E-state index in [0.717, 1.165) is 4.88 Å². The van der Waals surface area contributed by atoms with Crippen LogP contribution in [0.4, 0.5) is 11.4 Å². The number of anilines is 1. The third-order valence-electron chi connectivity index (χ3n) is 3.28. The van der Waals surface area contributed by atoms with Crippen molar-refractivity contribution in [2.24, 2.45) is 0 Å². The van der Waals surface area contributed by atoms with Gasteiger partial charge in [-0.2, -0.15) is 0 Å².